The predicted molar refractivity (Wildman–Crippen MR) is 51.0 cm³/mol. The molecule has 0 saturated heterocycles. The van der Waals surface area contributed by atoms with Gasteiger partial charge in [0.15, 0.2) is 0 Å². The minimum absolute atomic E-state index is 0.316. The van der Waals surface area contributed by atoms with Crippen molar-refractivity contribution in [2.75, 3.05) is 0 Å². The molecule has 0 radical (unpaired) electrons. The van der Waals surface area contributed by atoms with E-state index in [1.54, 1.807) is 6.92 Å². The maximum Gasteiger partial charge on any atom is 0.0747 e. The van der Waals surface area contributed by atoms with Crippen LogP contribution >= 0.6 is 0 Å². The van der Waals surface area contributed by atoms with Crippen molar-refractivity contribution in [3.8, 4) is 0 Å². The smallest absolute Gasteiger partial charge is 0.0747 e. The number of aliphatic hydroxyl groups excluding tert-OH is 2. The molecule has 0 heterocycles. The average Bonchev–Trinajstić information content (AvgIpc) is 2.00. The highest BCUT2D eigenvalue weighted by Gasteiger charge is 2.07. The van der Waals surface area contributed by atoms with E-state index in [-0.39, 0.29) is 12.2 Å². The molecule has 0 aromatic rings. The molecule has 2 nitrogen and oxygen atoms in total. The molecule has 1 unspecified atom stereocenters. The summed E-state index contributed by atoms with van der Waals surface area (Å²) in [6.07, 6.45) is 0.735. The van der Waals surface area contributed by atoms with Gasteiger partial charge in [0.05, 0.1) is 12.2 Å². The summed E-state index contributed by atoms with van der Waals surface area (Å²) in [4.78, 5) is 0. The Labute approximate surface area is 74.9 Å². The fourth-order valence-corrected chi connectivity index (χ4v) is 1.19. The lowest BCUT2D eigenvalue weighted by molar-refractivity contribution is 0.188. The molecule has 0 aromatic carbocycles. The van der Waals surface area contributed by atoms with E-state index in [0.29, 0.717) is 6.42 Å². The van der Waals surface area contributed by atoms with E-state index in [4.69, 9.17) is 5.11 Å². The summed E-state index contributed by atoms with van der Waals surface area (Å²) in [6, 6.07) is 0. The fraction of sp³-hybridized carbons (Fsp3) is 0.800. The molecule has 2 N–H and O–H groups in total. The van der Waals surface area contributed by atoms with Crippen molar-refractivity contribution in [3.05, 3.63) is 11.1 Å². The van der Waals surface area contributed by atoms with Crippen LogP contribution in [-0.4, -0.2) is 22.4 Å². The molecule has 0 rings (SSSR count). The van der Waals surface area contributed by atoms with Gasteiger partial charge >= 0.3 is 0 Å². The predicted octanol–water partition coefficient (Wildman–Crippen LogP) is 1.86. The van der Waals surface area contributed by atoms with Crippen LogP contribution in [0.1, 0.15) is 40.5 Å². The van der Waals surface area contributed by atoms with Crippen molar-refractivity contribution in [2.24, 2.45) is 0 Å². The maximum absolute atomic E-state index is 9.47. The summed E-state index contributed by atoms with van der Waals surface area (Å²) in [5, 5.41) is 18.6. The normalized spacial score (nSPS) is 18.5. The first-order chi connectivity index (χ1) is 5.49. The first-order valence-electron chi connectivity index (χ1n) is 4.51. The Balaban J connectivity index is 4.24. The fourth-order valence-electron chi connectivity index (χ4n) is 1.19. The minimum atomic E-state index is -0.344. The molecule has 2 heteroatoms. The van der Waals surface area contributed by atoms with Crippen LogP contribution in [0.15, 0.2) is 11.1 Å². The van der Waals surface area contributed by atoms with Crippen LogP contribution in [0.25, 0.3) is 0 Å². The number of aliphatic hydroxyl groups is 2. The van der Waals surface area contributed by atoms with E-state index >= 15 is 0 Å². The Morgan fingerprint density at radius 1 is 1.25 bits per heavy atom. The van der Waals surface area contributed by atoms with Crippen LogP contribution in [0, 0.1) is 0 Å². The summed E-state index contributed by atoms with van der Waals surface area (Å²) in [7, 11) is 0. The summed E-state index contributed by atoms with van der Waals surface area (Å²) in [6.45, 7) is 7.59. The van der Waals surface area contributed by atoms with Gasteiger partial charge in [0.1, 0.15) is 0 Å². The molecular formula is C10H20O2. The third-order valence-corrected chi connectivity index (χ3v) is 2.16. The second kappa shape index (κ2) is 5.33. The Morgan fingerprint density at radius 2 is 1.75 bits per heavy atom. The van der Waals surface area contributed by atoms with E-state index in [9.17, 15) is 5.11 Å². The Bertz CT molecular complexity index is 159. The van der Waals surface area contributed by atoms with Crippen LogP contribution in [-0.2, 0) is 0 Å². The van der Waals surface area contributed by atoms with E-state index in [2.05, 4.69) is 0 Å². The van der Waals surface area contributed by atoms with Gasteiger partial charge in [0.25, 0.3) is 0 Å². The first kappa shape index (κ1) is 11.7. The van der Waals surface area contributed by atoms with E-state index in [1.165, 1.54) is 0 Å². The van der Waals surface area contributed by atoms with Gasteiger partial charge in [-0.25, -0.2) is 0 Å². The molecule has 0 aromatic heterocycles. The van der Waals surface area contributed by atoms with Gasteiger partial charge in [-0.15, -0.1) is 0 Å². The Morgan fingerprint density at radius 3 is 2.08 bits per heavy atom. The van der Waals surface area contributed by atoms with Gasteiger partial charge in [-0.05, 0) is 39.2 Å². The second-order valence-corrected chi connectivity index (χ2v) is 3.44. The highest BCUT2D eigenvalue weighted by atomic mass is 16.3. The second-order valence-electron chi connectivity index (χ2n) is 3.44. The zero-order chi connectivity index (χ0) is 9.72. The topological polar surface area (TPSA) is 40.5 Å². The molecular weight excluding hydrogens is 152 g/mol. The van der Waals surface area contributed by atoms with E-state index < -0.39 is 0 Å². The van der Waals surface area contributed by atoms with Crippen molar-refractivity contribution >= 4 is 0 Å². The van der Waals surface area contributed by atoms with Crippen molar-refractivity contribution in [1.82, 2.24) is 0 Å². The lowest BCUT2D eigenvalue weighted by atomic mass is 10.00. The molecule has 0 aliphatic heterocycles. The van der Waals surface area contributed by atoms with Crippen LogP contribution in [0.3, 0.4) is 0 Å². The maximum atomic E-state index is 9.47. The van der Waals surface area contributed by atoms with Crippen LogP contribution in [0.4, 0.5) is 0 Å². The molecule has 0 aliphatic rings. The molecule has 0 saturated carbocycles. The molecule has 0 aliphatic carbocycles. The molecule has 0 amide bonds. The van der Waals surface area contributed by atoms with Gasteiger partial charge in [0, 0.05) is 0 Å². The van der Waals surface area contributed by atoms with Gasteiger partial charge < -0.3 is 10.2 Å². The SMILES string of the molecule is CC[C@H](O)/C(C)=C(/C)CC(C)O. The van der Waals surface area contributed by atoms with Crippen LogP contribution in [0.2, 0.25) is 0 Å². The number of hydrogen-bond donors (Lipinski definition) is 2. The zero-order valence-corrected chi connectivity index (χ0v) is 8.46. The highest BCUT2D eigenvalue weighted by molar-refractivity contribution is 5.14. The van der Waals surface area contributed by atoms with Gasteiger partial charge in [-0.2, -0.15) is 0 Å². The number of rotatable bonds is 4. The van der Waals surface area contributed by atoms with Gasteiger partial charge in [-0.1, -0.05) is 12.5 Å². The van der Waals surface area contributed by atoms with Crippen molar-refractivity contribution < 1.29 is 10.2 Å². The number of hydrogen-bond acceptors (Lipinski definition) is 2. The van der Waals surface area contributed by atoms with Crippen LogP contribution < -0.4 is 0 Å². The standard InChI is InChI=1S/C10H20O2/c1-5-10(12)9(4)7(2)6-8(3)11/h8,10-12H,5-6H2,1-4H3/b9-7-/t8?,10-/m0/s1. The van der Waals surface area contributed by atoms with Crippen molar-refractivity contribution in [2.45, 2.75) is 52.7 Å². The highest BCUT2D eigenvalue weighted by Crippen LogP contribution is 2.15. The summed E-state index contributed by atoms with van der Waals surface area (Å²) < 4.78 is 0. The lowest BCUT2D eigenvalue weighted by Gasteiger charge is -2.13. The third kappa shape index (κ3) is 3.88. The summed E-state index contributed by atoms with van der Waals surface area (Å²) in [5.74, 6) is 0. The zero-order valence-electron chi connectivity index (χ0n) is 8.46. The molecule has 12 heavy (non-hydrogen) atoms. The Kier molecular flexibility index (Phi) is 5.18. The van der Waals surface area contributed by atoms with E-state index in [0.717, 1.165) is 17.6 Å². The monoisotopic (exact) mass is 172 g/mol. The quantitative estimate of drug-likeness (QED) is 0.635. The third-order valence-electron chi connectivity index (χ3n) is 2.16. The van der Waals surface area contributed by atoms with Gasteiger partial charge in [0.2, 0.25) is 0 Å². The van der Waals surface area contributed by atoms with Crippen molar-refractivity contribution in [3.63, 3.8) is 0 Å². The first-order valence-corrected chi connectivity index (χ1v) is 4.51. The minimum Gasteiger partial charge on any atom is -0.393 e. The summed E-state index contributed by atoms with van der Waals surface area (Å²) >= 11 is 0. The van der Waals surface area contributed by atoms with Gasteiger partial charge in [-0.3, -0.25) is 0 Å². The summed E-state index contributed by atoms with van der Waals surface area (Å²) in [5.41, 5.74) is 2.10. The van der Waals surface area contributed by atoms with Crippen molar-refractivity contribution in [1.29, 1.82) is 0 Å². The molecule has 72 valence electrons. The van der Waals surface area contributed by atoms with E-state index in [1.807, 2.05) is 20.8 Å². The molecule has 0 bridgehead atoms. The average molecular weight is 172 g/mol. The largest absolute Gasteiger partial charge is 0.393 e. The Hall–Kier alpha value is -0.340. The molecule has 0 spiro atoms. The molecule has 0 fully saturated rings. The van der Waals surface area contributed by atoms with Crippen LogP contribution in [0.5, 0.6) is 0 Å². The molecule has 2 atom stereocenters. The lowest BCUT2D eigenvalue weighted by Crippen LogP contribution is -2.10.